The minimum absolute atomic E-state index is 0.217. The van der Waals surface area contributed by atoms with E-state index < -0.39 is 0 Å². The minimum Gasteiger partial charge on any atom is -0.350 e. The fourth-order valence-electron chi connectivity index (χ4n) is 4.40. The number of nitrogens with zero attached hydrogens (tertiary/aromatic N) is 4. The Morgan fingerprint density at radius 2 is 1.66 bits per heavy atom. The molecule has 0 atom stereocenters. The van der Waals surface area contributed by atoms with Crippen LogP contribution in [0.3, 0.4) is 0 Å². The molecule has 35 heavy (non-hydrogen) atoms. The second-order valence-electron chi connectivity index (χ2n) is 8.81. The molecule has 7 nitrogen and oxygen atoms in total. The maximum Gasteiger partial charge on any atom is 0.257 e. The zero-order valence-electron chi connectivity index (χ0n) is 20.5. The maximum absolute atomic E-state index is 13.3. The van der Waals surface area contributed by atoms with Gasteiger partial charge >= 0.3 is 0 Å². The summed E-state index contributed by atoms with van der Waals surface area (Å²) in [4.78, 5) is 30.5. The van der Waals surface area contributed by atoms with Crippen molar-refractivity contribution in [2.75, 3.05) is 6.54 Å². The molecule has 0 spiro atoms. The number of amides is 1. The highest BCUT2D eigenvalue weighted by atomic mass is 16.2. The van der Waals surface area contributed by atoms with Gasteiger partial charge in [-0.15, -0.1) is 0 Å². The molecular formula is C28H31N5O2. The van der Waals surface area contributed by atoms with Crippen LogP contribution in [0.1, 0.15) is 44.3 Å². The van der Waals surface area contributed by atoms with Crippen molar-refractivity contribution in [3.8, 4) is 0 Å². The van der Waals surface area contributed by atoms with Gasteiger partial charge in [0.2, 0.25) is 0 Å². The van der Waals surface area contributed by atoms with E-state index in [1.54, 1.807) is 18.5 Å². The lowest BCUT2D eigenvalue weighted by atomic mass is 10.0. The molecule has 1 amide bonds. The highest BCUT2D eigenvalue weighted by Crippen LogP contribution is 2.16. The van der Waals surface area contributed by atoms with E-state index in [1.165, 1.54) is 0 Å². The van der Waals surface area contributed by atoms with Crippen LogP contribution >= 0.6 is 0 Å². The summed E-state index contributed by atoms with van der Waals surface area (Å²) in [5, 5.41) is 7.40. The number of carbonyl (C=O) groups excluding carboxylic acids is 1. The van der Waals surface area contributed by atoms with Gasteiger partial charge in [-0.3, -0.25) is 19.3 Å². The van der Waals surface area contributed by atoms with Gasteiger partial charge in [-0.2, -0.15) is 5.10 Å². The predicted molar refractivity (Wildman–Crippen MR) is 137 cm³/mol. The average molecular weight is 470 g/mol. The van der Waals surface area contributed by atoms with E-state index in [4.69, 9.17) is 0 Å². The highest BCUT2D eigenvalue weighted by Gasteiger charge is 2.20. The molecule has 3 aromatic heterocycles. The van der Waals surface area contributed by atoms with Gasteiger partial charge in [-0.05, 0) is 62.9 Å². The molecule has 3 heterocycles. The van der Waals surface area contributed by atoms with E-state index >= 15 is 0 Å². The first-order chi connectivity index (χ1) is 16.9. The maximum atomic E-state index is 13.3. The lowest BCUT2D eigenvalue weighted by molar-refractivity contribution is 0.0948. The summed E-state index contributed by atoms with van der Waals surface area (Å²) in [7, 11) is 0. The van der Waals surface area contributed by atoms with E-state index in [0.29, 0.717) is 26.1 Å². The number of pyridine rings is 2. The van der Waals surface area contributed by atoms with Gasteiger partial charge in [-0.25, -0.2) is 0 Å². The third kappa shape index (κ3) is 5.93. The first kappa shape index (κ1) is 24.1. The third-order valence-electron chi connectivity index (χ3n) is 6.15. The van der Waals surface area contributed by atoms with Gasteiger partial charge in [0.1, 0.15) is 5.56 Å². The van der Waals surface area contributed by atoms with E-state index in [9.17, 15) is 9.59 Å². The smallest absolute Gasteiger partial charge is 0.257 e. The molecular weight excluding hydrogens is 438 g/mol. The number of aromatic nitrogens is 4. The Bertz CT molecular complexity index is 1360. The van der Waals surface area contributed by atoms with Crippen LogP contribution in [0.15, 0.2) is 71.8 Å². The van der Waals surface area contributed by atoms with Crippen LogP contribution in [0.5, 0.6) is 0 Å². The molecule has 1 aromatic carbocycles. The van der Waals surface area contributed by atoms with Gasteiger partial charge in [0, 0.05) is 48.6 Å². The van der Waals surface area contributed by atoms with Crippen LogP contribution in [0, 0.1) is 20.8 Å². The predicted octanol–water partition coefficient (Wildman–Crippen LogP) is 3.63. The van der Waals surface area contributed by atoms with Crippen LogP contribution in [-0.4, -0.2) is 31.8 Å². The molecule has 0 fully saturated rings. The summed E-state index contributed by atoms with van der Waals surface area (Å²) < 4.78 is 3.94. The second-order valence-corrected chi connectivity index (χ2v) is 8.81. The van der Waals surface area contributed by atoms with Gasteiger partial charge in [0.25, 0.3) is 5.91 Å². The van der Waals surface area contributed by atoms with E-state index in [1.807, 2.05) is 61.9 Å². The fourth-order valence-corrected chi connectivity index (χ4v) is 4.40. The Morgan fingerprint density at radius 3 is 2.34 bits per heavy atom. The van der Waals surface area contributed by atoms with E-state index in [0.717, 1.165) is 40.3 Å². The summed E-state index contributed by atoms with van der Waals surface area (Å²) in [6.45, 7) is 7.34. The number of carbonyl (C=O) groups is 1. The Labute approximate surface area is 205 Å². The molecule has 0 aliphatic carbocycles. The normalized spacial score (nSPS) is 10.9. The Hall–Kier alpha value is -4.00. The van der Waals surface area contributed by atoms with E-state index in [-0.39, 0.29) is 16.9 Å². The van der Waals surface area contributed by atoms with Crippen LogP contribution in [-0.2, 0) is 25.9 Å². The molecule has 4 aromatic rings. The number of benzene rings is 1. The van der Waals surface area contributed by atoms with Crippen LogP contribution < -0.4 is 10.7 Å². The molecule has 0 bridgehead atoms. The summed E-state index contributed by atoms with van der Waals surface area (Å²) in [5.41, 5.74) is 5.74. The van der Waals surface area contributed by atoms with E-state index in [2.05, 4.69) is 32.1 Å². The van der Waals surface area contributed by atoms with Crippen LogP contribution in [0.25, 0.3) is 0 Å². The summed E-state index contributed by atoms with van der Waals surface area (Å²) >= 11 is 0. The van der Waals surface area contributed by atoms with Crippen LogP contribution in [0.2, 0.25) is 0 Å². The lowest BCUT2D eigenvalue weighted by Crippen LogP contribution is -2.35. The van der Waals surface area contributed by atoms with Gasteiger partial charge in [-0.1, -0.05) is 30.3 Å². The number of aryl methyl sites for hydroxylation is 4. The quantitative estimate of drug-likeness (QED) is 0.406. The molecule has 0 aliphatic heterocycles. The number of rotatable bonds is 9. The van der Waals surface area contributed by atoms with Crippen molar-refractivity contribution in [1.82, 2.24) is 24.6 Å². The molecule has 0 radical (unpaired) electrons. The zero-order chi connectivity index (χ0) is 24.8. The molecule has 1 N–H and O–H groups in total. The first-order valence-electron chi connectivity index (χ1n) is 11.9. The Morgan fingerprint density at radius 1 is 0.914 bits per heavy atom. The number of nitrogens with one attached hydrogen (secondary N) is 1. The van der Waals surface area contributed by atoms with Gasteiger partial charge in [0.05, 0.1) is 12.2 Å². The summed E-state index contributed by atoms with van der Waals surface area (Å²) in [6.07, 6.45) is 4.81. The number of hydrogen-bond donors (Lipinski definition) is 1. The second kappa shape index (κ2) is 11.0. The standard InChI is InChI=1S/C28H31N5O2/c1-20-17-22(3)33(31-20)16-15-30-28(35)27-25(10-9-23-7-5-4-6-8-23)32(21(2)18-26(27)34)19-24-11-13-29-14-12-24/h4-8,11-14,17-18H,9-10,15-16,19H2,1-3H3,(H,30,35). The third-order valence-corrected chi connectivity index (χ3v) is 6.15. The molecule has 180 valence electrons. The Kier molecular flexibility index (Phi) is 7.55. The average Bonchev–Trinajstić information content (AvgIpc) is 3.17. The van der Waals surface area contributed by atoms with Crippen molar-refractivity contribution in [3.05, 3.63) is 117 Å². The zero-order valence-corrected chi connectivity index (χ0v) is 20.5. The fraction of sp³-hybridized carbons (Fsp3) is 0.286. The molecule has 0 saturated heterocycles. The number of hydrogen-bond acceptors (Lipinski definition) is 4. The highest BCUT2D eigenvalue weighted by molar-refractivity contribution is 5.95. The minimum atomic E-state index is -0.344. The topological polar surface area (TPSA) is 81.8 Å². The van der Waals surface area contributed by atoms with Crippen molar-refractivity contribution in [3.63, 3.8) is 0 Å². The molecule has 0 aliphatic rings. The van der Waals surface area contributed by atoms with Crippen molar-refractivity contribution < 1.29 is 4.79 Å². The first-order valence-corrected chi connectivity index (χ1v) is 11.9. The Balaban J connectivity index is 1.64. The molecule has 0 unspecified atom stereocenters. The monoisotopic (exact) mass is 469 g/mol. The van der Waals surface area contributed by atoms with Gasteiger partial charge < -0.3 is 9.88 Å². The lowest BCUT2D eigenvalue weighted by Gasteiger charge is -2.20. The summed E-state index contributed by atoms with van der Waals surface area (Å²) in [6, 6.07) is 17.6. The van der Waals surface area contributed by atoms with Crippen molar-refractivity contribution in [2.24, 2.45) is 0 Å². The largest absolute Gasteiger partial charge is 0.350 e. The van der Waals surface area contributed by atoms with Crippen molar-refractivity contribution in [1.29, 1.82) is 0 Å². The van der Waals surface area contributed by atoms with Crippen molar-refractivity contribution in [2.45, 2.75) is 46.7 Å². The molecule has 7 heteroatoms. The molecule has 0 saturated carbocycles. The van der Waals surface area contributed by atoms with Crippen molar-refractivity contribution >= 4 is 5.91 Å². The van der Waals surface area contributed by atoms with Gasteiger partial charge in [0.15, 0.2) is 5.43 Å². The SMILES string of the molecule is Cc1cc(C)n(CCNC(=O)c2c(CCc3ccccc3)n(Cc3ccncc3)c(C)cc2=O)n1. The van der Waals surface area contributed by atoms with Crippen LogP contribution in [0.4, 0.5) is 0 Å². The molecule has 4 rings (SSSR count). The summed E-state index contributed by atoms with van der Waals surface area (Å²) in [5.74, 6) is -0.344.